The Morgan fingerprint density at radius 3 is 2.67 bits per heavy atom. The maximum atomic E-state index is 12.3. The van der Waals surface area contributed by atoms with E-state index >= 15 is 0 Å². The van der Waals surface area contributed by atoms with E-state index in [-0.39, 0.29) is 18.2 Å². The lowest BCUT2D eigenvalue weighted by molar-refractivity contribution is -0.121. The van der Waals surface area contributed by atoms with E-state index in [4.69, 9.17) is 5.10 Å². The molecular weight excluding hydrogens is 414 g/mol. The molecule has 7 heteroatoms. The molecule has 0 aliphatic heterocycles. The molecular formula is C26H29N5O2. The summed E-state index contributed by atoms with van der Waals surface area (Å²) in [5.41, 5.74) is 3.61. The second-order valence-corrected chi connectivity index (χ2v) is 8.28. The van der Waals surface area contributed by atoms with Gasteiger partial charge in [-0.3, -0.25) is 19.3 Å². The van der Waals surface area contributed by atoms with Gasteiger partial charge in [-0.05, 0) is 36.6 Å². The number of aromatic nitrogens is 3. The van der Waals surface area contributed by atoms with Crippen molar-refractivity contribution < 1.29 is 9.59 Å². The van der Waals surface area contributed by atoms with Crippen LogP contribution in [0.25, 0.3) is 17.3 Å². The Morgan fingerprint density at radius 2 is 1.91 bits per heavy atom. The molecule has 0 unspecified atom stereocenters. The van der Waals surface area contributed by atoms with Gasteiger partial charge in [-0.1, -0.05) is 43.2 Å². The number of hydrogen-bond acceptors (Lipinski definition) is 4. The molecule has 0 saturated heterocycles. The Bertz CT molecular complexity index is 1090. The summed E-state index contributed by atoms with van der Waals surface area (Å²) in [5, 5.41) is 10.6. The van der Waals surface area contributed by atoms with Crippen LogP contribution in [0.1, 0.15) is 43.2 Å². The molecule has 3 aromatic rings. The van der Waals surface area contributed by atoms with Crippen molar-refractivity contribution in [1.82, 2.24) is 25.4 Å². The number of hydrogen-bond donors (Lipinski definition) is 2. The number of nitrogens with zero attached hydrogens (tertiary/aromatic N) is 3. The average molecular weight is 444 g/mol. The van der Waals surface area contributed by atoms with Gasteiger partial charge in [-0.2, -0.15) is 5.10 Å². The van der Waals surface area contributed by atoms with Crippen LogP contribution in [-0.4, -0.2) is 39.2 Å². The van der Waals surface area contributed by atoms with Gasteiger partial charge in [0.15, 0.2) is 0 Å². The Kier molecular flexibility index (Phi) is 7.64. The number of rotatable bonds is 9. The average Bonchev–Trinajstić information content (AvgIpc) is 3.49. The lowest BCUT2D eigenvalue weighted by Crippen LogP contribution is -2.35. The SMILES string of the molecule is O=C(C=Cc1cn(Cc2ccccc2)nc1-c1cccnc1)NCCC(=O)NC1CCCC1. The monoisotopic (exact) mass is 443 g/mol. The molecule has 1 aromatic carbocycles. The first kappa shape index (κ1) is 22.5. The highest BCUT2D eigenvalue weighted by Gasteiger charge is 2.16. The van der Waals surface area contributed by atoms with Crippen LogP contribution < -0.4 is 10.6 Å². The van der Waals surface area contributed by atoms with Crippen molar-refractivity contribution >= 4 is 17.9 Å². The molecule has 4 rings (SSSR count). The third-order valence-corrected chi connectivity index (χ3v) is 5.70. The lowest BCUT2D eigenvalue weighted by Gasteiger charge is -2.11. The van der Waals surface area contributed by atoms with Crippen LogP contribution in [0.2, 0.25) is 0 Å². The van der Waals surface area contributed by atoms with Crippen molar-refractivity contribution in [2.75, 3.05) is 6.54 Å². The van der Waals surface area contributed by atoms with Gasteiger partial charge in [-0.15, -0.1) is 0 Å². The molecule has 0 spiro atoms. The second-order valence-electron chi connectivity index (χ2n) is 8.28. The van der Waals surface area contributed by atoms with Gasteiger partial charge in [0.25, 0.3) is 0 Å². The Hall–Kier alpha value is -3.74. The molecule has 1 aliphatic carbocycles. The molecule has 2 N–H and O–H groups in total. The largest absolute Gasteiger partial charge is 0.353 e. The minimum Gasteiger partial charge on any atom is -0.353 e. The van der Waals surface area contributed by atoms with Gasteiger partial charge in [0.05, 0.1) is 6.54 Å². The first-order valence-corrected chi connectivity index (χ1v) is 11.4. The van der Waals surface area contributed by atoms with Crippen molar-refractivity contribution in [3.63, 3.8) is 0 Å². The van der Waals surface area contributed by atoms with Gasteiger partial charge < -0.3 is 10.6 Å². The van der Waals surface area contributed by atoms with Crippen molar-refractivity contribution in [2.45, 2.75) is 44.7 Å². The molecule has 0 atom stereocenters. The zero-order chi connectivity index (χ0) is 22.9. The fourth-order valence-electron chi connectivity index (χ4n) is 4.03. The summed E-state index contributed by atoms with van der Waals surface area (Å²) in [4.78, 5) is 28.5. The van der Waals surface area contributed by atoms with Crippen molar-refractivity contribution in [2.24, 2.45) is 0 Å². The summed E-state index contributed by atoms with van der Waals surface area (Å²) < 4.78 is 1.86. The maximum absolute atomic E-state index is 12.3. The first-order valence-electron chi connectivity index (χ1n) is 11.4. The van der Waals surface area contributed by atoms with E-state index in [1.807, 2.05) is 41.2 Å². The highest BCUT2D eigenvalue weighted by Crippen LogP contribution is 2.23. The number of carbonyl (C=O) groups excluding carboxylic acids is 2. The summed E-state index contributed by atoms with van der Waals surface area (Å²) >= 11 is 0. The van der Waals surface area contributed by atoms with Gasteiger partial charge in [0.1, 0.15) is 5.69 Å². The predicted octanol–water partition coefficient (Wildman–Crippen LogP) is 3.57. The third-order valence-electron chi connectivity index (χ3n) is 5.70. The van der Waals surface area contributed by atoms with Gasteiger partial charge in [-0.25, -0.2) is 0 Å². The molecule has 33 heavy (non-hydrogen) atoms. The molecule has 1 fully saturated rings. The number of benzene rings is 1. The lowest BCUT2D eigenvalue weighted by atomic mass is 10.1. The molecule has 0 bridgehead atoms. The molecule has 0 radical (unpaired) electrons. The molecule has 2 amide bonds. The number of carbonyl (C=O) groups is 2. The van der Waals surface area contributed by atoms with Crippen LogP contribution in [0.4, 0.5) is 0 Å². The summed E-state index contributed by atoms with van der Waals surface area (Å²) in [7, 11) is 0. The molecule has 170 valence electrons. The van der Waals surface area contributed by atoms with Crippen molar-refractivity contribution in [3.8, 4) is 11.3 Å². The van der Waals surface area contributed by atoms with Crippen LogP contribution in [0, 0.1) is 0 Å². The topological polar surface area (TPSA) is 88.9 Å². The Morgan fingerprint density at radius 1 is 1.09 bits per heavy atom. The van der Waals surface area contributed by atoms with Crippen molar-refractivity contribution in [3.05, 3.63) is 78.3 Å². The smallest absolute Gasteiger partial charge is 0.244 e. The third kappa shape index (κ3) is 6.62. The number of nitrogens with one attached hydrogen (secondary N) is 2. The van der Waals surface area contributed by atoms with Gasteiger partial charge in [0.2, 0.25) is 11.8 Å². The van der Waals surface area contributed by atoms with Crippen LogP contribution >= 0.6 is 0 Å². The van der Waals surface area contributed by atoms with Crippen LogP contribution in [0.3, 0.4) is 0 Å². The number of pyridine rings is 1. The van der Waals surface area contributed by atoms with E-state index in [2.05, 4.69) is 27.8 Å². The Labute approximate surface area is 193 Å². The van der Waals surface area contributed by atoms with Gasteiger partial charge in [0, 0.05) is 54.8 Å². The molecule has 2 aromatic heterocycles. The Balaban J connectivity index is 1.38. The normalized spacial score (nSPS) is 13.9. The highest BCUT2D eigenvalue weighted by molar-refractivity contribution is 5.93. The van der Waals surface area contributed by atoms with E-state index in [1.165, 1.54) is 18.9 Å². The quantitative estimate of drug-likeness (QED) is 0.495. The van der Waals surface area contributed by atoms with E-state index in [9.17, 15) is 9.59 Å². The second kappa shape index (κ2) is 11.2. The van der Waals surface area contributed by atoms with E-state index in [1.54, 1.807) is 18.5 Å². The zero-order valence-corrected chi connectivity index (χ0v) is 18.6. The standard InChI is InChI=1S/C26H29N5O2/c32-24(28-16-14-25(33)29-23-10-4-5-11-23)13-12-22-19-31(18-20-7-2-1-3-8-20)30-26(22)21-9-6-15-27-17-21/h1-3,6-9,12-13,15,17,19,23H,4-5,10-11,14,16,18H2,(H,28,32)(H,29,33). The van der Waals surface area contributed by atoms with Crippen LogP contribution in [-0.2, 0) is 16.1 Å². The summed E-state index contributed by atoms with van der Waals surface area (Å²) in [6, 6.07) is 14.2. The predicted molar refractivity (Wildman–Crippen MR) is 128 cm³/mol. The molecule has 1 aliphatic rings. The van der Waals surface area contributed by atoms with E-state index < -0.39 is 0 Å². The minimum atomic E-state index is -0.239. The van der Waals surface area contributed by atoms with Crippen LogP contribution in [0.15, 0.2) is 67.1 Å². The summed E-state index contributed by atoms with van der Waals surface area (Å²) in [6.07, 6.45) is 13.4. The first-order chi connectivity index (χ1) is 16.2. The molecule has 1 saturated carbocycles. The maximum Gasteiger partial charge on any atom is 0.244 e. The highest BCUT2D eigenvalue weighted by atomic mass is 16.2. The van der Waals surface area contributed by atoms with E-state index in [0.717, 1.165) is 35.2 Å². The molecule has 2 heterocycles. The summed E-state index contributed by atoms with van der Waals surface area (Å²) in [6.45, 7) is 0.939. The van der Waals surface area contributed by atoms with Crippen LogP contribution in [0.5, 0.6) is 0 Å². The fraction of sp³-hybridized carbons (Fsp3) is 0.308. The van der Waals surface area contributed by atoms with Gasteiger partial charge >= 0.3 is 0 Å². The zero-order valence-electron chi connectivity index (χ0n) is 18.6. The van der Waals surface area contributed by atoms with E-state index in [0.29, 0.717) is 19.1 Å². The number of amides is 2. The fourth-order valence-corrected chi connectivity index (χ4v) is 4.03. The minimum absolute atomic E-state index is 0.00719. The molecule has 7 nitrogen and oxygen atoms in total. The summed E-state index contributed by atoms with van der Waals surface area (Å²) in [5.74, 6) is -0.246. The van der Waals surface area contributed by atoms with Crippen molar-refractivity contribution in [1.29, 1.82) is 0 Å².